The summed E-state index contributed by atoms with van der Waals surface area (Å²) in [5, 5.41) is 16.0. The van der Waals surface area contributed by atoms with Crippen LogP contribution in [0.15, 0.2) is 23.1 Å². The lowest BCUT2D eigenvalue weighted by molar-refractivity contribution is -0.113. The Labute approximate surface area is 129 Å². The number of benzene rings is 1. The van der Waals surface area contributed by atoms with E-state index in [9.17, 15) is 9.90 Å². The number of amides is 1. The number of fused-ring (bicyclic) bond motifs is 1. The SMILES string of the molecule is CC(C)(C)NC[C@H](O)COc1cccc2c1SCC(=O)N2. The Hall–Kier alpha value is -1.24. The van der Waals surface area contributed by atoms with Gasteiger partial charge in [0.25, 0.3) is 0 Å². The molecule has 0 aromatic heterocycles. The molecule has 0 saturated carbocycles. The van der Waals surface area contributed by atoms with Crippen molar-refractivity contribution in [3.8, 4) is 5.75 Å². The minimum Gasteiger partial charge on any atom is -0.490 e. The first-order valence-electron chi connectivity index (χ1n) is 6.97. The first-order valence-corrected chi connectivity index (χ1v) is 7.95. The minimum absolute atomic E-state index is 0.000869. The number of nitrogens with one attached hydrogen (secondary N) is 2. The molecule has 116 valence electrons. The molecule has 1 aromatic rings. The van der Waals surface area contributed by atoms with Crippen molar-refractivity contribution in [2.75, 3.05) is 24.2 Å². The maximum absolute atomic E-state index is 11.4. The van der Waals surface area contributed by atoms with E-state index in [4.69, 9.17) is 4.74 Å². The van der Waals surface area contributed by atoms with Gasteiger partial charge in [-0.05, 0) is 32.9 Å². The van der Waals surface area contributed by atoms with Gasteiger partial charge < -0.3 is 20.5 Å². The number of aliphatic hydroxyl groups is 1. The number of carbonyl (C=O) groups excluding carboxylic acids is 1. The zero-order valence-electron chi connectivity index (χ0n) is 12.6. The van der Waals surface area contributed by atoms with Crippen LogP contribution in [0.4, 0.5) is 5.69 Å². The van der Waals surface area contributed by atoms with Crippen LogP contribution in [0.2, 0.25) is 0 Å². The maximum atomic E-state index is 11.4. The Bertz CT molecular complexity index is 514. The van der Waals surface area contributed by atoms with E-state index < -0.39 is 6.10 Å². The molecule has 3 N–H and O–H groups in total. The lowest BCUT2D eigenvalue weighted by Gasteiger charge is -2.24. The highest BCUT2D eigenvalue weighted by Gasteiger charge is 2.20. The standard InChI is InChI=1S/C15H22N2O3S/c1-15(2,3)16-7-10(18)8-20-12-6-4-5-11-14(12)21-9-13(19)17-11/h4-6,10,16,18H,7-9H2,1-3H3,(H,17,19)/t10-/m0/s1. The quantitative estimate of drug-likeness (QED) is 0.774. The molecule has 0 saturated heterocycles. The third-order valence-corrected chi connectivity index (χ3v) is 4.02. The third kappa shape index (κ3) is 4.91. The smallest absolute Gasteiger partial charge is 0.234 e. The molecule has 1 amide bonds. The molecule has 0 spiro atoms. The van der Waals surface area contributed by atoms with E-state index in [1.54, 1.807) is 0 Å². The fraction of sp³-hybridized carbons (Fsp3) is 0.533. The summed E-state index contributed by atoms with van der Waals surface area (Å²) in [6.45, 7) is 6.84. The Morgan fingerprint density at radius 1 is 1.48 bits per heavy atom. The Kier molecular flexibility index (Phi) is 5.13. The summed E-state index contributed by atoms with van der Waals surface area (Å²) < 4.78 is 5.70. The number of β-amino-alcohol motifs (C(OH)–C–C–N with tert-alkyl or cyclic N) is 1. The first kappa shape index (κ1) is 16.1. The van der Waals surface area contributed by atoms with Crippen LogP contribution in [-0.2, 0) is 4.79 Å². The van der Waals surface area contributed by atoms with E-state index in [2.05, 4.69) is 10.6 Å². The predicted molar refractivity (Wildman–Crippen MR) is 85.1 cm³/mol. The predicted octanol–water partition coefficient (Wildman–Crippen LogP) is 1.86. The highest BCUT2D eigenvalue weighted by Crippen LogP contribution is 2.38. The molecular formula is C15H22N2O3S. The molecule has 5 nitrogen and oxygen atoms in total. The number of rotatable bonds is 5. The van der Waals surface area contributed by atoms with Gasteiger partial charge in [-0.2, -0.15) is 0 Å². The normalized spacial score (nSPS) is 16.1. The summed E-state index contributed by atoms with van der Waals surface area (Å²) in [6.07, 6.45) is -0.580. The highest BCUT2D eigenvalue weighted by molar-refractivity contribution is 8.00. The molecular weight excluding hydrogens is 288 g/mol. The molecule has 2 rings (SSSR count). The van der Waals surface area contributed by atoms with E-state index in [1.165, 1.54) is 11.8 Å². The lowest BCUT2D eigenvalue weighted by Crippen LogP contribution is -2.42. The topological polar surface area (TPSA) is 70.6 Å². The number of aliphatic hydroxyl groups excluding tert-OH is 1. The Balaban J connectivity index is 1.92. The molecule has 0 fully saturated rings. The number of carbonyl (C=O) groups is 1. The highest BCUT2D eigenvalue weighted by atomic mass is 32.2. The average Bonchev–Trinajstić information content (AvgIpc) is 2.41. The van der Waals surface area contributed by atoms with Crippen molar-refractivity contribution in [1.82, 2.24) is 5.32 Å². The summed E-state index contributed by atoms with van der Waals surface area (Å²) in [5.74, 6) is 1.09. The second-order valence-corrected chi connectivity index (χ2v) is 7.05. The van der Waals surface area contributed by atoms with Gasteiger partial charge in [0, 0.05) is 12.1 Å². The number of anilines is 1. The number of ether oxygens (including phenoxy) is 1. The van der Waals surface area contributed by atoms with E-state index in [1.807, 2.05) is 39.0 Å². The maximum Gasteiger partial charge on any atom is 0.234 e. The summed E-state index contributed by atoms with van der Waals surface area (Å²) in [5.41, 5.74) is 0.739. The van der Waals surface area contributed by atoms with Crippen LogP contribution in [0.3, 0.4) is 0 Å². The van der Waals surface area contributed by atoms with E-state index in [0.717, 1.165) is 10.6 Å². The minimum atomic E-state index is -0.580. The fourth-order valence-electron chi connectivity index (χ4n) is 1.87. The van der Waals surface area contributed by atoms with Crippen LogP contribution < -0.4 is 15.4 Å². The van der Waals surface area contributed by atoms with Crippen molar-refractivity contribution < 1.29 is 14.6 Å². The second-order valence-electron chi connectivity index (χ2n) is 6.07. The largest absolute Gasteiger partial charge is 0.490 e. The number of thioether (sulfide) groups is 1. The molecule has 6 heteroatoms. The summed E-state index contributed by atoms with van der Waals surface area (Å²) in [6, 6.07) is 5.54. The van der Waals surface area contributed by atoms with Gasteiger partial charge in [-0.1, -0.05) is 6.07 Å². The van der Waals surface area contributed by atoms with Crippen LogP contribution in [0, 0.1) is 0 Å². The molecule has 1 aliphatic rings. The van der Waals surface area contributed by atoms with Gasteiger partial charge in [0.05, 0.1) is 16.3 Å². The second kappa shape index (κ2) is 6.68. The molecule has 0 radical (unpaired) electrons. The number of hydrogen-bond donors (Lipinski definition) is 3. The molecule has 0 aliphatic carbocycles. The summed E-state index contributed by atoms with van der Waals surface area (Å²) >= 11 is 1.46. The van der Waals surface area contributed by atoms with E-state index >= 15 is 0 Å². The van der Waals surface area contributed by atoms with Crippen molar-refractivity contribution in [1.29, 1.82) is 0 Å². The first-order chi connectivity index (χ1) is 9.85. The zero-order chi connectivity index (χ0) is 15.5. The van der Waals surface area contributed by atoms with Crippen molar-refractivity contribution in [2.24, 2.45) is 0 Å². The van der Waals surface area contributed by atoms with Crippen LogP contribution in [0.25, 0.3) is 0 Å². The van der Waals surface area contributed by atoms with Crippen molar-refractivity contribution >= 4 is 23.4 Å². The molecule has 1 aliphatic heterocycles. The fourth-order valence-corrected chi connectivity index (χ4v) is 2.76. The van der Waals surface area contributed by atoms with E-state index in [-0.39, 0.29) is 18.1 Å². The zero-order valence-corrected chi connectivity index (χ0v) is 13.4. The van der Waals surface area contributed by atoms with Crippen molar-refractivity contribution in [2.45, 2.75) is 37.3 Å². The molecule has 1 aromatic carbocycles. The van der Waals surface area contributed by atoms with Gasteiger partial charge in [0.1, 0.15) is 18.5 Å². The lowest BCUT2D eigenvalue weighted by atomic mass is 10.1. The molecule has 21 heavy (non-hydrogen) atoms. The number of hydrogen-bond acceptors (Lipinski definition) is 5. The molecule has 1 heterocycles. The molecule has 0 unspecified atom stereocenters. The van der Waals surface area contributed by atoms with Gasteiger partial charge in [-0.15, -0.1) is 11.8 Å². The van der Waals surface area contributed by atoms with Crippen LogP contribution in [0.1, 0.15) is 20.8 Å². The average molecular weight is 310 g/mol. The van der Waals surface area contributed by atoms with E-state index in [0.29, 0.717) is 18.0 Å². The monoisotopic (exact) mass is 310 g/mol. The molecule has 1 atom stereocenters. The van der Waals surface area contributed by atoms with Crippen molar-refractivity contribution in [3.05, 3.63) is 18.2 Å². The van der Waals surface area contributed by atoms with Gasteiger partial charge in [-0.3, -0.25) is 4.79 Å². The summed E-state index contributed by atoms with van der Waals surface area (Å²) in [4.78, 5) is 12.3. The van der Waals surface area contributed by atoms with Crippen LogP contribution >= 0.6 is 11.8 Å². The van der Waals surface area contributed by atoms with Gasteiger partial charge in [-0.25, -0.2) is 0 Å². The summed E-state index contributed by atoms with van der Waals surface area (Å²) in [7, 11) is 0. The van der Waals surface area contributed by atoms with Crippen LogP contribution in [-0.4, -0.2) is 41.6 Å². The van der Waals surface area contributed by atoms with Gasteiger partial charge in [0.15, 0.2) is 0 Å². The van der Waals surface area contributed by atoms with Gasteiger partial charge in [0.2, 0.25) is 5.91 Å². The van der Waals surface area contributed by atoms with Crippen LogP contribution in [0.5, 0.6) is 5.75 Å². The Morgan fingerprint density at radius 2 is 2.24 bits per heavy atom. The van der Waals surface area contributed by atoms with Gasteiger partial charge >= 0.3 is 0 Å². The Morgan fingerprint density at radius 3 is 2.95 bits per heavy atom. The van der Waals surface area contributed by atoms with Crippen molar-refractivity contribution in [3.63, 3.8) is 0 Å². The molecule has 0 bridgehead atoms. The third-order valence-electron chi connectivity index (χ3n) is 2.90.